The summed E-state index contributed by atoms with van der Waals surface area (Å²) < 4.78 is 0.949. The Kier molecular flexibility index (Phi) is 4.96. The van der Waals surface area contributed by atoms with Gasteiger partial charge in [-0.2, -0.15) is 0 Å². The normalized spacial score (nSPS) is 24.1. The lowest BCUT2D eigenvalue weighted by Gasteiger charge is -2.31. The molecule has 0 aromatic heterocycles. The molecule has 4 heteroatoms. The molecule has 1 N–H and O–H groups in total. The minimum absolute atomic E-state index is 0.0480. The molecule has 1 heterocycles. The average Bonchev–Trinajstić information content (AvgIpc) is 2.97. The van der Waals surface area contributed by atoms with Gasteiger partial charge in [0.25, 0.3) is 5.91 Å². The maximum atomic E-state index is 12.3. The third-order valence-electron chi connectivity index (χ3n) is 4.73. The van der Waals surface area contributed by atoms with Crippen molar-refractivity contribution in [1.29, 1.82) is 0 Å². The number of carbonyl (C=O) groups excluding carboxylic acids is 1. The Labute approximate surface area is 135 Å². The topological polar surface area (TPSA) is 32.3 Å². The molecule has 0 spiro atoms. The van der Waals surface area contributed by atoms with Crippen molar-refractivity contribution in [2.24, 2.45) is 0 Å². The monoisotopic (exact) mass is 350 g/mol. The Morgan fingerprint density at radius 2 is 2.00 bits per heavy atom. The van der Waals surface area contributed by atoms with Gasteiger partial charge in [0.15, 0.2) is 0 Å². The molecule has 2 fully saturated rings. The van der Waals surface area contributed by atoms with Crippen LogP contribution >= 0.6 is 15.9 Å². The number of nitrogens with one attached hydrogen (secondary N) is 1. The second-order valence-electron chi connectivity index (χ2n) is 6.26. The van der Waals surface area contributed by atoms with E-state index in [1.165, 1.54) is 32.1 Å². The van der Waals surface area contributed by atoms with E-state index in [4.69, 9.17) is 0 Å². The van der Waals surface area contributed by atoms with Crippen molar-refractivity contribution in [1.82, 2.24) is 10.2 Å². The second-order valence-corrected chi connectivity index (χ2v) is 7.17. The zero-order valence-electron chi connectivity index (χ0n) is 12.4. The molecule has 1 saturated heterocycles. The van der Waals surface area contributed by atoms with Crippen LogP contribution in [0.15, 0.2) is 28.7 Å². The van der Waals surface area contributed by atoms with E-state index >= 15 is 0 Å². The number of rotatable bonds is 3. The molecule has 1 aromatic carbocycles. The van der Waals surface area contributed by atoms with Gasteiger partial charge in [-0.25, -0.2) is 0 Å². The van der Waals surface area contributed by atoms with Crippen LogP contribution in [-0.2, 0) is 0 Å². The molecule has 2 aliphatic rings. The first-order chi connectivity index (χ1) is 10.2. The van der Waals surface area contributed by atoms with Crippen LogP contribution in [0.25, 0.3) is 0 Å². The zero-order chi connectivity index (χ0) is 14.7. The van der Waals surface area contributed by atoms with Crippen LogP contribution < -0.4 is 5.32 Å². The van der Waals surface area contributed by atoms with Gasteiger partial charge in [-0.3, -0.25) is 9.69 Å². The van der Waals surface area contributed by atoms with Crippen molar-refractivity contribution in [3.8, 4) is 0 Å². The summed E-state index contributed by atoms with van der Waals surface area (Å²) >= 11 is 3.42. The van der Waals surface area contributed by atoms with E-state index in [-0.39, 0.29) is 5.91 Å². The largest absolute Gasteiger partial charge is 0.348 e. The van der Waals surface area contributed by atoms with Crippen LogP contribution in [0.3, 0.4) is 0 Å². The molecule has 21 heavy (non-hydrogen) atoms. The fraction of sp³-hybridized carbons (Fsp3) is 0.588. The number of hydrogen-bond donors (Lipinski definition) is 1. The van der Waals surface area contributed by atoms with Crippen molar-refractivity contribution in [2.45, 2.75) is 50.6 Å². The number of likely N-dealkylation sites (tertiary alicyclic amines) is 1. The van der Waals surface area contributed by atoms with Crippen LogP contribution in [0.4, 0.5) is 0 Å². The Hall–Kier alpha value is -0.870. The van der Waals surface area contributed by atoms with Crippen LogP contribution in [0.5, 0.6) is 0 Å². The van der Waals surface area contributed by atoms with E-state index in [0.717, 1.165) is 35.6 Å². The van der Waals surface area contributed by atoms with Gasteiger partial charge in [-0.15, -0.1) is 0 Å². The van der Waals surface area contributed by atoms with E-state index in [9.17, 15) is 4.79 Å². The number of nitrogens with zero attached hydrogens (tertiary/aromatic N) is 1. The van der Waals surface area contributed by atoms with Crippen molar-refractivity contribution in [2.75, 3.05) is 13.1 Å². The molecule has 1 aliphatic carbocycles. The predicted molar refractivity (Wildman–Crippen MR) is 88.5 cm³/mol. The molecule has 1 saturated carbocycles. The van der Waals surface area contributed by atoms with Gasteiger partial charge in [0.2, 0.25) is 0 Å². The zero-order valence-corrected chi connectivity index (χ0v) is 13.9. The van der Waals surface area contributed by atoms with Gasteiger partial charge < -0.3 is 5.32 Å². The number of halogens is 1. The molecule has 1 atom stereocenters. The number of amides is 1. The molecule has 1 aromatic rings. The Morgan fingerprint density at radius 3 is 2.76 bits per heavy atom. The highest BCUT2D eigenvalue weighted by molar-refractivity contribution is 9.10. The summed E-state index contributed by atoms with van der Waals surface area (Å²) in [5.74, 6) is 0.0480. The Morgan fingerprint density at radius 1 is 1.19 bits per heavy atom. The summed E-state index contributed by atoms with van der Waals surface area (Å²) in [6, 6.07) is 8.65. The van der Waals surface area contributed by atoms with E-state index in [1.807, 2.05) is 24.3 Å². The first-order valence-electron chi connectivity index (χ1n) is 8.03. The molecule has 1 aliphatic heterocycles. The van der Waals surface area contributed by atoms with E-state index < -0.39 is 0 Å². The standard InChI is InChI=1S/C17H23BrN2O/c18-14-6-4-5-13(11-14)17(21)19-15-9-10-20(12-15)16-7-2-1-3-8-16/h4-6,11,15-16H,1-3,7-10,12H2,(H,19,21)/t15-/m0/s1. The Bertz CT molecular complexity index is 499. The molecule has 1 amide bonds. The molecule has 3 rings (SSSR count). The minimum atomic E-state index is 0.0480. The molecule has 0 unspecified atom stereocenters. The van der Waals surface area contributed by atoms with E-state index in [0.29, 0.717) is 6.04 Å². The summed E-state index contributed by atoms with van der Waals surface area (Å²) in [6.45, 7) is 2.15. The lowest BCUT2D eigenvalue weighted by molar-refractivity contribution is 0.0934. The first kappa shape index (κ1) is 15.0. The number of carbonyl (C=O) groups is 1. The van der Waals surface area contributed by atoms with E-state index in [2.05, 4.69) is 26.1 Å². The molecule has 3 nitrogen and oxygen atoms in total. The lowest BCUT2D eigenvalue weighted by Crippen LogP contribution is -2.40. The number of hydrogen-bond acceptors (Lipinski definition) is 2. The van der Waals surface area contributed by atoms with Gasteiger partial charge in [0, 0.05) is 35.2 Å². The molecular formula is C17H23BrN2O. The van der Waals surface area contributed by atoms with Crippen LogP contribution in [0, 0.1) is 0 Å². The minimum Gasteiger partial charge on any atom is -0.348 e. The maximum absolute atomic E-state index is 12.3. The summed E-state index contributed by atoms with van der Waals surface area (Å²) in [4.78, 5) is 14.9. The van der Waals surface area contributed by atoms with Crippen molar-refractivity contribution >= 4 is 21.8 Å². The molecule has 114 valence electrons. The van der Waals surface area contributed by atoms with Gasteiger partial charge in [-0.1, -0.05) is 41.3 Å². The van der Waals surface area contributed by atoms with Crippen LogP contribution in [0.2, 0.25) is 0 Å². The van der Waals surface area contributed by atoms with Gasteiger partial charge >= 0.3 is 0 Å². The van der Waals surface area contributed by atoms with Crippen molar-refractivity contribution in [3.05, 3.63) is 34.3 Å². The summed E-state index contributed by atoms with van der Waals surface area (Å²) in [5, 5.41) is 3.19. The first-order valence-corrected chi connectivity index (χ1v) is 8.82. The fourth-order valence-electron chi connectivity index (χ4n) is 3.58. The Balaban J connectivity index is 1.53. The molecular weight excluding hydrogens is 328 g/mol. The van der Waals surface area contributed by atoms with Gasteiger partial charge in [0.1, 0.15) is 0 Å². The second kappa shape index (κ2) is 6.93. The highest BCUT2D eigenvalue weighted by Crippen LogP contribution is 2.25. The maximum Gasteiger partial charge on any atom is 0.251 e. The van der Waals surface area contributed by atoms with Crippen molar-refractivity contribution in [3.63, 3.8) is 0 Å². The number of benzene rings is 1. The van der Waals surface area contributed by atoms with E-state index in [1.54, 1.807) is 0 Å². The highest BCUT2D eigenvalue weighted by atomic mass is 79.9. The van der Waals surface area contributed by atoms with Gasteiger partial charge in [-0.05, 0) is 37.5 Å². The van der Waals surface area contributed by atoms with Crippen LogP contribution in [0.1, 0.15) is 48.9 Å². The third kappa shape index (κ3) is 3.86. The van der Waals surface area contributed by atoms with Gasteiger partial charge in [0.05, 0.1) is 0 Å². The fourth-order valence-corrected chi connectivity index (χ4v) is 3.98. The van der Waals surface area contributed by atoms with Crippen LogP contribution in [-0.4, -0.2) is 36.0 Å². The summed E-state index contributed by atoms with van der Waals surface area (Å²) in [6.07, 6.45) is 7.90. The van der Waals surface area contributed by atoms with Crippen molar-refractivity contribution < 1.29 is 4.79 Å². The third-order valence-corrected chi connectivity index (χ3v) is 5.23. The quantitative estimate of drug-likeness (QED) is 0.903. The summed E-state index contributed by atoms with van der Waals surface area (Å²) in [7, 11) is 0. The molecule has 0 bridgehead atoms. The molecule has 0 radical (unpaired) electrons. The highest BCUT2D eigenvalue weighted by Gasteiger charge is 2.29. The average molecular weight is 351 g/mol. The predicted octanol–water partition coefficient (Wildman–Crippen LogP) is 3.59. The summed E-state index contributed by atoms with van der Waals surface area (Å²) in [5.41, 5.74) is 0.737. The lowest BCUT2D eigenvalue weighted by atomic mass is 9.94. The smallest absolute Gasteiger partial charge is 0.251 e. The SMILES string of the molecule is O=C(N[C@H]1CCN(C2CCCCC2)C1)c1cccc(Br)c1.